The molecule has 0 bridgehead atoms. The van der Waals surface area contributed by atoms with Gasteiger partial charge in [-0.25, -0.2) is 8.42 Å². The third-order valence-electron chi connectivity index (χ3n) is 1.97. The van der Waals surface area contributed by atoms with E-state index in [1.165, 1.54) is 0 Å². The molecule has 0 aliphatic carbocycles. The number of nitrogen functional groups attached to an aromatic ring is 1. The zero-order valence-corrected chi connectivity index (χ0v) is 13.1. The van der Waals surface area contributed by atoms with Crippen LogP contribution in [0.5, 0.6) is 5.75 Å². The summed E-state index contributed by atoms with van der Waals surface area (Å²) in [5.74, 6) is 0.230. The molecule has 4 N–H and O–H groups in total. The maximum Gasteiger partial charge on any atom is 1.00 e. The first-order valence-electron chi connectivity index (χ1n) is 4.90. The predicted octanol–water partition coefficient (Wildman–Crippen LogP) is -2.85. The first-order chi connectivity index (χ1) is 7.49. The average Bonchev–Trinajstić information content (AvgIpc) is 2.18. The van der Waals surface area contributed by atoms with E-state index in [0.717, 1.165) is 0 Å². The summed E-state index contributed by atoms with van der Waals surface area (Å²) in [7, 11) is -4.11. The molecule has 1 aromatic carbocycles. The van der Waals surface area contributed by atoms with E-state index in [1.807, 2.05) is 0 Å². The molecule has 0 aromatic heterocycles. The van der Waals surface area contributed by atoms with Crippen LogP contribution in [0.3, 0.4) is 0 Å². The van der Waals surface area contributed by atoms with E-state index in [2.05, 4.69) is 0 Å². The van der Waals surface area contributed by atoms with Crippen molar-refractivity contribution in [3.63, 3.8) is 0 Å². The minimum absolute atomic E-state index is 0. The Kier molecular flexibility index (Phi) is 10.7. The third-order valence-corrected chi connectivity index (χ3v) is 2.75. The molecule has 0 fully saturated rings. The van der Waals surface area contributed by atoms with Crippen LogP contribution in [0, 0.1) is 0 Å². The van der Waals surface area contributed by atoms with Crippen molar-refractivity contribution in [2.45, 2.75) is 12.8 Å². The second kappa shape index (κ2) is 9.60. The van der Waals surface area contributed by atoms with E-state index in [4.69, 9.17) is 10.5 Å². The number of benzene rings is 1. The zero-order chi connectivity index (χ0) is 12.0. The molecule has 0 radical (unpaired) electrons. The number of rotatable bonds is 6. The second-order valence-electron chi connectivity index (χ2n) is 3.36. The van der Waals surface area contributed by atoms with E-state index < -0.39 is 10.1 Å². The fourth-order valence-corrected chi connectivity index (χ4v) is 1.73. The topological polar surface area (TPSA) is 124 Å². The molecule has 1 aromatic rings. The molecule has 6 nitrogen and oxygen atoms in total. The molecule has 0 unspecified atom stereocenters. The van der Waals surface area contributed by atoms with Gasteiger partial charge in [0.25, 0.3) is 0 Å². The Morgan fingerprint density at radius 3 is 2.39 bits per heavy atom. The number of hydrogen-bond acceptors (Lipinski definition) is 5. The van der Waals surface area contributed by atoms with Crippen molar-refractivity contribution in [3.8, 4) is 5.75 Å². The van der Waals surface area contributed by atoms with E-state index >= 15 is 0 Å². The van der Waals surface area contributed by atoms with Crippen LogP contribution in [-0.4, -0.2) is 30.8 Å². The van der Waals surface area contributed by atoms with Gasteiger partial charge in [-0.1, -0.05) is 12.1 Å². The summed E-state index contributed by atoms with van der Waals surface area (Å²) in [6, 6.07) is 7.05. The maximum atomic E-state index is 10.3. The van der Waals surface area contributed by atoms with Gasteiger partial charge in [-0.15, -0.1) is 0 Å². The Hall–Kier alpha value is -0.310. The SMILES string of the molecule is Nc1ccccc1OCCCCS(=O)(=O)[O-].O.[Na+]. The summed E-state index contributed by atoms with van der Waals surface area (Å²) >= 11 is 0. The molecule has 0 saturated carbocycles. The Morgan fingerprint density at radius 1 is 1.22 bits per heavy atom. The second-order valence-corrected chi connectivity index (χ2v) is 4.88. The van der Waals surface area contributed by atoms with Crippen molar-refractivity contribution in [3.05, 3.63) is 24.3 Å². The third kappa shape index (κ3) is 8.73. The fraction of sp³-hybridized carbons (Fsp3) is 0.400. The van der Waals surface area contributed by atoms with Gasteiger partial charge in [0, 0.05) is 5.75 Å². The summed E-state index contributed by atoms with van der Waals surface area (Å²) < 4.78 is 36.2. The smallest absolute Gasteiger partial charge is 0.748 e. The number of ether oxygens (including phenoxy) is 1. The molecular formula is C10H16NNaO5S. The van der Waals surface area contributed by atoms with Crippen LogP contribution >= 0.6 is 0 Å². The molecular weight excluding hydrogens is 269 g/mol. The number of para-hydroxylation sites is 2. The summed E-state index contributed by atoms with van der Waals surface area (Å²) in [6.45, 7) is 0.351. The molecule has 0 heterocycles. The average molecular weight is 285 g/mol. The molecule has 0 atom stereocenters. The van der Waals surface area contributed by atoms with Crippen molar-refractivity contribution >= 4 is 15.8 Å². The van der Waals surface area contributed by atoms with Crippen molar-refractivity contribution in [1.82, 2.24) is 0 Å². The number of hydrogen-bond donors (Lipinski definition) is 1. The molecule has 98 valence electrons. The van der Waals surface area contributed by atoms with Gasteiger partial charge in [-0.3, -0.25) is 0 Å². The van der Waals surface area contributed by atoms with Crippen molar-refractivity contribution in [1.29, 1.82) is 0 Å². The monoisotopic (exact) mass is 285 g/mol. The molecule has 18 heavy (non-hydrogen) atoms. The summed E-state index contributed by atoms with van der Waals surface area (Å²) in [5, 5.41) is 0. The molecule has 0 saturated heterocycles. The normalized spacial score (nSPS) is 10.1. The van der Waals surface area contributed by atoms with Gasteiger partial charge in [-0.05, 0) is 25.0 Å². The Balaban J connectivity index is 0. The summed E-state index contributed by atoms with van der Waals surface area (Å²) in [6.07, 6.45) is 0.814. The van der Waals surface area contributed by atoms with Crippen LogP contribution in [0.4, 0.5) is 5.69 Å². The molecule has 8 heteroatoms. The number of nitrogens with two attached hydrogens (primary N) is 1. The van der Waals surface area contributed by atoms with E-state index in [1.54, 1.807) is 24.3 Å². The maximum absolute atomic E-state index is 10.3. The van der Waals surface area contributed by atoms with E-state index in [0.29, 0.717) is 30.9 Å². The predicted molar refractivity (Wildman–Crippen MR) is 63.8 cm³/mol. The van der Waals surface area contributed by atoms with Gasteiger partial charge in [0.2, 0.25) is 0 Å². The first-order valence-corrected chi connectivity index (χ1v) is 6.47. The van der Waals surface area contributed by atoms with Crippen LogP contribution in [0.15, 0.2) is 24.3 Å². The van der Waals surface area contributed by atoms with E-state index in [9.17, 15) is 13.0 Å². The Bertz CT molecular complexity index is 438. The summed E-state index contributed by atoms with van der Waals surface area (Å²) in [5.41, 5.74) is 6.17. The van der Waals surface area contributed by atoms with Gasteiger partial charge in [-0.2, -0.15) is 0 Å². The molecule has 1 rings (SSSR count). The molecule has 0 aliphatic rings. The van der Waals surface area contributed by atoms with Crippen molar-refractivity contribution < 1.29 is 52.7 Å². The molecule has 0 amide bonds. The quantitative estimate of drug-likeness (QED) is 0.261. The van der Waals surface area contributed by atoms with Gasteiger partial charge in [0.05, 0.1) is 22.4 Å². The first kappa shape index (κ1) is 20.0. The molecule has 0 spiro atoms. The van der Waals surface area contributed by atoms with Crippen LogP contribution in [0.2, 0.25) is 0 Å². The largest absolute Gasteiger partial charge is 1.00 e. The van der Waals surface area contributed by atoms with Gasteiger partial charge >= 0.3 is 29.6 Å². The minimum atomic E-state index is -4.11. The van der Waals surface area contributed by atoms with Gasteiger partial charge < -0.3 is 20.5 Å². The van der Waals surface area contributed by atoms with Crippen LogP contribution < -0.4 is 40.0 Å². The molecule has 0 aliphatic heterocycles. The number of anilines is 1. The minimum Gasteiger partial charge on any atom is -0.748 e. The standard InChI is InChI=1S/C10H15NO4S.Na.H2O/c11-9-5-1-2-6-10(9)15-7-3-4-8-16(12,13)14;;/h1-2,5-6H,3-4,7-8,11H2,(H,12,13,14);;1H2/q;+1;/p-1. The van der Waals surface area contributed by atoms with Gasteiger partial charge in [0.1, 0.15) is 5.75 Å². The Morgan fingerprint density at radius 2 is 1.83 bits per heavy atom. The zero-order valence-electron chi connectivity index (χ0n) is 10.3. The van der Waals surface area contributed by atoms with Crippen molar-refractivity contribution in [2.75, 3.05) is 18.1 Å². The number of unbranched alkanes of at least 4 members (excludes halogenated alkanes) is 1. The van der Waals surface area contributed by atoms with E-state index in [-0.39, 0.29) is 40.8 Å². The van der Waals surface area contributed by atoms with Crippen LogP contribution in [0.1, 0.15) is 12.8 Å². The van der Waals surface area contributed by atoms with Crippen molar-refractivity contribution in [2.24, 2.45) is 0 Å². The Labute approximate surface area is 129 Å². The van der Waals surface area contributed by atoms with Crippen LogP contribution in [-0.2, 0) is 10.1 Å². The summed E-state index contributed by atoms with van der Waals surface area (Å²) in [4.78, 5) is 0. The van der Waals surface area contributed by atoms with Gasteiger partial charge in [0.15, 0.2) is 0 Å². The fourth-order valence-electron chi connectivity index (χ4n) is 1.18. The van der Waals surface area contributed by atoms with Crippen LogP contribution in [0.25, 0.3) is 0 Å².